The molecule has 0 spiro atoms. The van der Waals surface area contributed by atoms with E-state index in [9.17, 15) is 19.7 Å². The number of nitrogens with zero attached hydrogens (tertiary/aromatic N) is 1. The molecule has 1 aromatic heterocycles. The minimum atomic E-state index is -0.549. The van der Waals surface area contributed by atoms with Gasteiger partial charge in [0.1, 0.15) is 10.6 Å². The maximum absolute atomic E-state index is 12.8. The Balaban J connectivity index is 1.87. The van der Waals surface area contributed by atoms with Gasteiger partial charge in [0.25, 0.3) is 5.69 Å². The summed E-state index contributed by atoms with van der Waals surface area (Å²) in [6, 6.07) is 13.8. The molecule has 0 saturated carbocycles. The number of aryl methyl sites for hydroxylation is 2. The molecule has 166 valence electrons. The Morgan fingerprint density at radius 2 is 1.75 bits per heavy atom. The molecule has 0 aliphatic carbocycles. The molecular formula is C23H22N2O5S2. The van der Waals surface area contributed by atoms with Crippen LogP contribution in [0.15, 0.2) is 53.4 Å². The van der Waals surface area contributed by atoms with Crippen molar-refractivity contribution in [3.8, 4) is 11.1 Å². The number of hydrogen-bond acceptors (Lipinski definition) is 7. The molecule has 0 aliphatic heterocycles. The maximum atomic E-state index is 12.8. The van der Waals surface area contributed by atoms with Crippen LogP contribution in [0, 0.1) is 24.0 Å². The lowest BCUT2D eigenvalue weighted by Gasteiger charge is -2.09. The SMILES string of the molecule is CCOC(=O)c1c(NC(=O)CSc2ccc(C)cc2)sc(C)c1-c1ccc([N+](=O)[O-])cc1. The fraction of sp³-hybridized carbons (Fsp3) is 0.217. The Morgan fingerprint density at radius 1 is 1.09 bits per heavy atom. The quantitative estimate of drug-likeness (QED) is 0.192. The molecule has 1 N–H and O–H groups in total. The average molecular weight is 471 g/mol. The number of rotatable bonds is 8. The molecule has 0 unspecified atom stereocenters. The third kappa shape index (κ3) is 5.54. The van der Waals surface area contributed by atoms with Gasteiger partial charge in [-0.2, -0.15) is 0 Å². The lowest BCUT2D eigenvalue weighted by molar-refractivity contribution is -0.384. The topological polar surface area (TPSA) is 98.5 Å². The number of benzene rings is 2. The number of esters is 1. The third-order valence-electron chi connectivity index (χ3n) is 4.57. The molecular weight excluding hydrogens is 448 g/mol. The maximum Gasteiger partial charge on any atom is 0.341 e. The van der Waals surface area contributed by atoms with Gasteiger partial charge in [0.2, 0.25) is 5.91 Å². The number of anilines is 1. The summed E-state index contributed by atoms with van der Waals surface area (Å²) in [4.78, 5) is 37.6. The Labute approximate surface area is 194 Å². The second kappa shape index (κ2) is 10.4. The first-order valence-electron chi connectivity index (χ1n) is 9.84. The van der Waals surface area contributed by atoms with Crippen molar-refractivity contribution in [1.29, 1.82) is 0 Å². The second-order valence-electron chi connectivity index (χ2n) is 6.91. The van der Waals surface area contributed by atoms with E-state index in [0.29, 0.717) is 16.1 Å². The zero-order valence-corrected chi connectivity index (χ0v) is 19.5. The van der Waals surface area contributed by atoms with Crippen molar-refractivity contribution in [1.82, 2.24) is 0 Å². The zero-order valence-electron chi connectivity index (χ0n) is 17.8. The number of hydrogen-bond donors (Lipinski definition) is 1. The van der Waals surface area contributed by atoms with Crippen molar-refractivity contribution >= 4 is 45.7 Å². The fourth-order valence-corrected chi connectivity index (χ4v) is 4.85. The number of non-ortho nitro benzene ring substituents is 1. The van der Waals surface area contributed by atoms with E-state index in [1.807, 2.05) is 38.1 Å². The van der Waals surface area contributed by atoms with Crippen molar-refractivity contribution in [2.45, 2.75) is 25.7 Å². The first-order chi connectivity index (χ1) is 15.3. The summed E-state index contributed by atoms with van der Waals surface area (Å²) in [7, 11) is 0. The molecule has 0 bridgehead atoms. The molecule has 9 heteroatoms. The van der Waals surface area contributed by atoms with Gasteiger partial charge < -0.3 is 10.1 Å². The minimum absolute atomic E-state index is 0.0408. The highest BCUT2D eigenvalue weighted by Crippen LogP contribution is 2.41. The number of thiophene rings is 1. The first kappa shape index (κ1) is 23.5. The number of amides is 1. The number of nitrogens with one attached hydrogen (secondary N) is 1. The van der Waals surface area contributed by atoms with Crippen LogP contribution in [0.4, 0.5) is 10.7 Å². The van der Waals surface area contributed by atoms with Gasteiger partial charge >= 0.3 is 5.97 Å². The average Bonchev–Trinajstić information content (AvgIpc) is 3.09. The van der Waals surface area contributed by atoms with E-state index in [4.69, 9.17) is 4.74 Å². The van der Waals surface area contributed by atoms with Crippen molar-refractivity contribution in [3.05, 3.63) is 74.6 Å². The molecule has 0 atom stereocenters. The van der Waals surface area contributed by atoms with E-state index in [1.54, 1.807) is 19.1 Å². The highest BCUT2D eigenvalue weighted by molar-refractivity contribution is 8.00. The van der Waals surface area contributed by atoms with Crippen LogP contribution in [0.1, 0.15) is 27.7 Å². The van der Waals surface area contributed by atoms with Crippen LogP contribution in [-0.4, -0.2) is 29.2 Å². The highest BCUT2D eigenvalue weighted by atomic mass is 32.2. The van der Waals surface area contributed by atoms with Crippen LogP contribution in [0.25, 0.3) is 11.1 Å². The lowest BCUT2D eigenvalue weighted by atomic mass is 10.0. The summed E-state index contributed by atoms with van der Waals surface area (Å²) in [6.45, 7) is 5.73. The van der Waals surface area contributed by atoms with Crippen LogP contribution in [-0.2, 0) is 9.53 Å². The molecule has 0 aliphatic rings. The van der Waals surface area contributed by atoms with E-state index < -0.39 is 10.9 Å². The normalized spacial score (nSPS) is 10.6. The Kier molecular flexibility index (Phi) is 7.66. The molecule has 7 nitrogen and oxygen atoms in total. The monoisotopic (exact) mass is 470 g/mol. The van der Waals surface area contributed by atoms with Crippen molar-refractivity contribution in [2.24, 2.45) is 0 Å². The Bertz CT molecular complexity index is 1140. The van der Waals surface area contributed by atoms with Gasteiger partial charge in [0.05, 0.1) is 17.3 Å². The van der Waals surface area contributed by atoms with Crippen LogP contribution in [0.2, 0.25) is 0 Å². The summed E-state index contributed by atoms with van der Waals surface area (Å²) >= 11 is 2.68. The molecule has 0 radical (unpaired) electrons. The van der Waals surface area contributed by atoms with Crippen LogP contribution in [0.5, 0.6) is 0 Å². The molecule has 32 heavy (non-hydrogen) atoms. The predicted molar refractivity (Wildman–Crippen MR) is 128 cm³/mol. The molecule has 2 aromatic carbocycles. The first-order valence-corrected chi connectivity index (χ1v) is 11.6. The van der Waals surface area contributed by atoms with Gasteiger partial charge in [-0.15, -0.1) is 23.1 Å². The van der Waals surface area contributed by atoms with Crippen LogP contribution >= 0.6 is 23.1 Å². The molecule has 0 fully saturated rings. The molecule has 3 rings (SSSR count). The fourth-order valence-electron chi connectivity index (χ4n) is 3.07. The summed E-state index contributed by atoms with van der Waals surface area (Å²) in [5, 5.41) is 14.2. The van der Waals surface area contributed by atoms with Crippen molar-refractivity contribution < 1.29 is 19.2 Å². The minimum Gasteiger partial charge on any atom is -0.462 e. The van der Waals surface area contributed by atoms with Gasteiger partial charge in [-0.25, -0.2) is 4.79 Å². The summed E-state index contributed by atoms with van der Waals surface area (Å²) in [6.07, 6.45) is 0. The van der Waals surface area contributed by atoms with Gasteiger partial charge in [0, 0.05) is 27.5 Å². The van der Waals surface area contributed by atoms with Crippen LogP contribution in [0.3, 0.4) is 0 Å². The largest absolute Gasteiger partial charge is 0.462 e. The number of ether oxygens (including phenoxy) is 1. The lowest BCUT2D eigenvalue weighted by Crippen LogP contribution is -2.16. The summed E-state index contributed by atoms with van der Waals surface area (Å²) in [5.74, 6) is -0.598. The van der Waals surface area contributed by atoms with Gasteiger partial charge in [-0.3, -0.25) is 14.9 Å². The number of nitro benzene ring substituents is 1. The Hall–Kier alpha value is -3.17. The zero-order chi connectivity index (χ0) is 23.3. The number of nitro groups is 1. The van der Waals surface area contributed by atoms with E-state index in [1.165, 1.54) is 35.2 Å². The Morgan fingerprint density at radius 3 is 2.34 bits per heavy atom. The number of carbonyl (C=O) groups excluding carboxylic acids is 2. The van der Waals surface area contributed by atoms with E-state index >= 15 is 0 Å². The van der Waals surface area contributed by atoms with Crippen LogP contribution < -0.4 is 5.32 Å². The van der Waals surface area contributed by atoms with Crippen molar-refractivity contribution in [3.63, 3.8) is 0 Å². The second-order valence-corrected chi connectivity index (χ2v) is 9.19. The molecule has 3 aromatic rings. The molecule has 1 heterocycles. The van der Waals surface area contributed by atoms with Crippen molar-refractivity contribution in [2.75, 3.05) is 17.7 Å². The molecule has 1 amide bonds. The van der Waals surface area contributed by atoms with E-state index in [2.05, 4.69) is 5.32 Å². The summed E-state index contributed by atoms with van der Waals surface area (Å²) in [5.41, 5.74) is 2.61. The standard InChI is InChI=1S/C23H22N2O5S2/c1-4-30-23(27)21-20(16-7-9-17(10-8-16)25(28)29)15(3)32-22(21)24-19(26)13-31-18-11-5-14(2)6-12-18/h5-12H,4,13H2,1-3H3,(H,24,26). The van der Waals surface area contributed by atoms with Gasteiger partial charge in [0.15, 0.2) is 0 Å². The highest BCUT2D eigenvalue weighted by Gasteiger charge is 2.26. The van der Waals surface area contributed by atoms with Gasteiger partial charge in [-0.05, 0) is 50.6 Å². The number of carbonyl (C=O) groups is 2. The summed E-state index contributed by atoms with van der Waals surface area (Å²) < 4.78 is 5.23. The van der Waals surface area contributed by atoms with E-state index in [0.717, 1.165) is 15.3 Å². The molecule has 0 saturated heterocycles. The third-order valence-corrected chi connectivity index (χ3v) is 6.61. The van der Waals surface area contributed by atoms with Gasteiger partial charge in [-0.1, -0.05) is 17.7 Å². The predicted octanol–water partition coefficient (Wildman–Crippen LogP) is 5.85. The smallest absolute Gasteiger partial charge is 0.341 e. The number of thioether (sulfide) groups is 1. The van der Waals surface area contributed by atoms with E-state index in [-0.39, 0.29) is 29.5 Å².